The molecular weight excluding hydrogens is 194 g/mol. The average molecular weight is 206 g/mol. The molecule has 0 spiro atoms. The molecule has 0 saturated heterocycles. The Balaban J connectivity index is 2.71. The van der Waals surface area contributed by atoms with Gasteiger partial charge < -0.3 is 15.5 Å². The Bertz CT molecular complexity index is 474. The Hall–Kier alpha value is -1.71. The SMILES string of the molecule is CC1=C(C)C(=[N+]([O-])[O-])C(C)=C2CC(O)=C12. The molecule has 0 saturated carbocycles. The van der Waals surface area contributed by atoms with Gasteiger partial charge in [-0.05, 0) is 31.9 Å². The maximum absolute atomic E-state index is 10.9. The van der Waals surface area contributed by atoms with E-state index in [1.165, 1.54) is 0 Å². The fourth-order valence-corrected chi connectivity index (χ4v) is 2.24. The summed E-state index contributed by atoms with van der Waals surface area (Å²) in [6.07, 6.45) is 0.461. The van der Waals surface area contributed by atoms with E-state index in [1.54, 1.807) is 13.8 Å². The van der Waals surface area contributed by atoms with Crippen LogP contribution in [0.5, 0.6) is 0 Å². The third-order valence-electron chi connectivity index (χ3n) is 3.22. The molecule has 0 unspecified atom stereocenters. The molecule has 0 aliphatic heterocycles. The largest absolute Gasteiger partial charge is 0.612 e. The molecule has 1 N–H and O–H groups in total. The van der Waals surface area contributed by atoms with Crippen molar-refractivity contribution in [1.82, 2.24) is 0 Å². The van der Waals surface area contributed by atoms with E-state index < -0.39 is 0 Å². The first kappa shape index (κ1) is 9.83. The number of hydrogen-bond donors (Lipinski definition) is 1. The van der Waals surface area contributed by atoms with Crippen molar-refractivity contribution in [3.8, 4) is 0 Å². The maximum atomic E-state index is 10.9. The molecule has 4 heteroatoms. The monoisotopic (exact) mass is 206 g/mol. The summed E-state index contributed by atoms with van der Waals surface area (Å²) in [4.78, 5) is -0.340. The molecule has 4 nitrogen and oxygen atoms in total. The van der Waals surface area contributed by atoms with Gasteiger partial charge in [0.25, 0.3) is 0 Å². The van der Waals surface area contributed by atoms with Gasteiger partial charge in [0.15, 0.2) is 0 Å². The van der Waals surface area contributed by atoms with E-state index in [4.69, 9.17) is 0 Å². The van der Waals surface area contributed by atoms with Gasteiger partial charge in [0.05, 0.1) is 0 Å². The van der Waals surface area contributed by atoms with Gasteiger partial charge in [-0.2, -0.15) is 4.90 Å². The van der Waals surface area contributed by atoms with Gasteiger partial charge in [-0.3, -0.25) is 0 Å². The molecule has 2 aliphatic rings. The van der Waals surface area contributed by atoms with Crippen molar-refractivity contribution in [2.75, 3.05) is 0 Å². The van der Waals surface area contributed by atoms with E-state index in [0.717, 1.165) is 16.7 Å². The van der Waals surface area contributed by atoms with Gasteiger partial charge in [0.1, 0.15) is 5.76 Å². The molecular formula is C11H12NO3-. The molecule has 0 bridgehead atoms. The third kappa shape index (κ3) is 1.11. The third-order valence-corrected chi connectivity index (χ3v) is 3.22. The Morgan fingerprint density at radius 2 is 1.67 bits per heavy atom. The molecule has 0 aromatic rings. The zero-order chi connectivity index (χ0) is 11.3. The van der Waals surface area contributed by atoms with Crippen molar-refractivity contribution in [3.63, 3.8) is 0 Å². The van der Waals surface area contributed by atoms with Gasteiger partial charge >= 0.3 is 0 Å². The Morgan fingerprint density at radius 3 is 2.13 bits per heavy atom. The van der Waals surface area contributed by atoms with Crippen molar-refractivity contribution in [1.29, 1.82) is 0 Å². The van der Waals surface area contributed by atoms with Gasteiger partial charge in [-0.15, -0.1) is 0 Å². The highest BCUT2D eigenvalue weighted by molar-refractivity contribution is 6.12. The Kier molecular flexibility index (Phi) is 1.89. The molecule has 80 valence electrons. The predicted octanol–water partition coefficient (Wildman–Crippen LogP) is 2.32. The summed E-state index contributed by atoms with van der Waals surface area (Å²) in [5.41, 5.74) is 4.10. The number of aliphatic hydroxyl groups excluding tert-OH is 1. The lowest BCUT2D eigenvalue weighted by atomic mass is 9.74. The molecule has 15 heavy (non-hydrogen) atoms. The van der Waals surface area contributed by atoms with Crippen LogP contribution in [0.1, 0.15) is 27.2 Å². The van der Waals surface area contributed by atoms with Crippen molar-refractivity contribution >= 4 is 5.71 Å². The van der Waals surface area contributed by atoms with Gasteiger partial charge in [0, 0.05) is 23.1 Å². The number of rotatable bonds is 0. The first-order valence-electron chi connectivity index (χ1n) is 4.77. The lowest BCUT2D eigenvalue weighted by Gasteiger charge is -2.31. The number of fused-ring (bicyclic) bond motifs is 1. The van der Waals surface area contributed by atoms with Gasteiger partial charge in [-0.1, -0.05) is 0 Å². The topological polar surface area (TPSA) is 69.4 Å². The van der Waals surface area contributed by atoms with E-state index in [0.29, 0.717) is 23.3 Å². The van der Waals surface area contributed by atoms with Crippen molar-refractivity contribution in [2.45, 2.75) is 27.2 Å². The molecule has 2 aliphatic carbocycles. The Labute approximate surface area is 87.7 Å². The van der Waals surface area contributed by atoms with Crippen LogP contribution >= 0.6 is 0 Å². The van der Waals surface area contributed by atoms with E-state index in [-0.39, 0.29) is 10.6 Å². The van der Waals surface area contributed by atoms with Crippen LogP contribution < -0.4 is 0 Å². The molecule has 0 fully saturated rings. The first-order chi connectivity index (χ1) is 6.95. The summed E-state index contributed by atoms with van der Waals surface area (Å²) in [5, 5.41) is 31.3. The van der Waals surface area contributed by atoms with E-state index in [2.05, 4.69) is 0 Å². The molecule has 0 radical (unpaired) electrons. The van der Waals surface area contributed by atoms with Gasteiger partial charge in [0.2, 0.25) is 5.71 Å². The van der Waals surface area contributed by atoms with Crippen LogP contribution in [0.4, 0.5) is 0 Å². The number of nitrogens with zero attached hydrogens (tertiary/aromatic N) is 1. The highest BCUT2D eigenvalue weighted by atomic mass is 16.8. The predicted molar refractivity (Wildman–Crippen MR) is 57.3 cm³/mol. The van der Waals surface area contributed by atoms with Crippen LogP contribution in [0.3, 0.4) is 0 Å². The fourth-order valence-electron chi connectivity index (χ4n) is 2.24. The molecule has 0 aromatic heterocycles. The number of hydrogen-bond acceptors (Lipinski definition) is 3. The maximum Gasteiger partial charge on any atom is 0.229 e. The molecule has 0 amide bonds. The quantitative estimate of drug-likeness (QED) is 0.488. The second kappa shape index (κ2) is 2.89. The summed E-state index contributed by atoms with van der Waals surface area (Å²) >= 11 is 0. The average Bonchev–Trinajstić information content (AvgIpc) is 2.11. The minimum absolute atomic E-state index is 0.193. The van der Waals surface area contributed by atoms with Gasteiger partial charge in [-0.25, -0.2) is 0 Å². The van der Waals surface area contributed by atoms with Crippen molar-refractivity contribution in [3.05, 3.63) is 44.0 Å². The van der Waals surface area contributed by atoms with Crippen LogP contribution in [-0.4, -0.2) is 15.7 Å². The van der Waals surface area contributed by atoms with Crippen LogP contribution in [-0.2, 0) is 0 Å². The van der Waals surface area contributed by atoms with Crippen LogP contribution in [0.25, 0.3) is 0 Å². The summed E-state index contributed by atoms with van der Waals surface area (Å²) in [6.45, 7) is 5.29. The summed E-state index contributed by atoms with van der Waals surface area (Å²) < 4.78 is 0. The molecule has 0 heterocycles. The van der Waals surface area contributed by atoms with Crippen LogP contribution in [0, 0.1) is 10.4 Å². The van der Waals surface area contributed by atoms with Crippen LogP contribution in [0.2, 0.25) is 0 Å². The first-order valence-corrected chi connectivity index (χ1v) is 4.77. The fraction of sp³-hybridized carbons (Fsp3) is 0.364. The van der Waals surface area contributed by atoms with Crippen molar-refractivity contribution < 1.29 is 10.0 Å². The number of allylic oxidation sites excluding steroid dienone is 5. The molecule has 0 atom stereocenters. The standard InChI is InChI=1S/C11H12NO3/c1-5-6(2)11(12(14)15)7(3)8-4-9(13)10(5)8/h4H2,1-3H3,(H-,13,14,15)/q-1. The van der Waals surface area contributed by atoms with E-state index >= 15 is 0 Å². The highest BCUT2D eigenvalue weighted by Gasteiger charge is 2.35. The summed E-state index contributed by atoms with van der Waals surface area (Å²) in [7, 11) is 0. The van der Waals surface area contributed by atoms with E-state index in [9.17, 15) is 15.5 Å². The second-order valence-corrected chi connectivity index (χ2v) is 3.96. The normalized spacial score (nSPS) is 20.6. The zero-order valence-electron chi connectivity index (χ0n) is 8.92. The summed E-state index contributed by atoms with van der Waals surface area (Å²) in [6, 6.07) is 0. The van der Waals surface area contributed by atoms with E-state index in [1.807, 2.05) is 6.92 Å². The molecule has 0 aromatic carbocycles. The van der Waals surface area contributed by atoms with Crippen LogP contribution in [0.15, 0.2) is 33.6 Å². The minimum atomic E-state index is -0.340. The lowest BCUT2D eigenvalue weighted by molar-refractivity contribution is -0.378. The number of aliphatic hydroxyl groups is 1. The Morgan fingerprint density at radius 1 is 1.07 bits per heavy atom. The summed E-state index contributed by atoms with van der Waals surface area (Å²) in [5.74, 6) is 0.351. The highest BCUT2D eigenvalue weighted by Crippen LogP contribution is 2.44. The zero-order valence-corrected chi connectivity index (χ0v) is 8.92. The smallest absolute Gasteiger partial charge is 0.229 e. The lowest BCUT2D eigenvalue weighted by Crippen LogP contribution is -2.25. The molecule has 2 rings (SSSR count). The second-order valence-electron chi connectivity index (χ2n) is 3.96. The van der Waals surface area contributed by atoms with Crippen molar-refractivity contribution in [2.24, 2.45) is 0 Å². The minimum Gasteiger partial charge on any atom is -0.612 e.